The summed E-state index contributed by atoms with van der Waals surface area (Å²) in [7, 11) is 0. The molecule has 78 heavy (non-hydrogen) atoms. The number of rotatable bonds is 6. The summed E-state index contributed by atoms with van der Waals surface area (Å²) in [6.07, 6.45) is 0. The zero-order valence-corrected chi connectivity index (χ0v) is 43.5. The van der Waals surface area contributed by atoms with E-state index in [9.17, 15) is 0 Å². The van der Waals surface area contributed by atoms with E-state index >= 15 is 0 Å². The third-order valence-electron chi connectivity index (χ3n) is 17.2. The first-order valence-corrected chi connectivity index (χ1v) is 27.5. The van der Waals surface area contributed by atoms with Crippen molar-refractivity contribution in [2.24, 2.45) is 0 Å². The third-order valence-corrected chi connectivity index (χ3v) is 17.7. The molecule has 0 saturated heterocycles. The Labute approximate surface area is 461 Å². The fourth-order valence-corrected chi connectivity index (χ4v) is 14.3. The van der Waals surface area contributed by atoms with Crippen molar-refractivity contribution in [1.29, 1.82) is 0 Å². The highest BCUT2D eigenvalue weighted by molar-refractivity contribution is 6.42. The van der Waals surface area contributed by atoms with Crippen LogP contribution in [0, 0.1) is 0 Å². The summed E-state index contributed by atoms with van der Waals surface area (Å²) in [4.78, 5) is 0. The van der Waals surface area contributed by atoms with Crippen LogP contribution in [-0.2, 0) is 0 Å². The normalized spacial score (nSPS) is 12.2. The number of fused-ring (bicyclic) bond motifs is 10. The van der Waals surface area contributed by atoms with Crippen LogP contribution in [0.5, 0.6) is 0 Å². The number of benzene rings is 15. The Balaban J connectivity index is 0.955. The molecule has 2 aliphatic rings. The molecule has 0 nitrogen and oxygen atoms in total. The maximum absolute atomic E-state index is 6.61. The van der Waals surface area contributed by atoms with E-state index in [0.717, 1.165) is 21.2 Å². The Morgan fingerprint density at radius 2 is 0.385 bits per heavy atom. The van der Waals surface area contributed by atoms with Crippen molar-refractivity contribution in [3.63, 3.8) is 0 Å². The SMILES string of the molecule is Clc1ccc(-c2c3c(c(-c4ccc(Cl)cc4)c4ccccc24)-c2ccc4c5ccc6c7c(ccc(c8ccc-3c2c84)c75)-c2c-6c(-c3ccc(-c4ccccc4)cc3)c3ccccc3c2-c2ccc(-c3ccccc3)cc2)cc1. The summed E-state index contributed by atoms with van der Waals surface area (Å²) in [5.41, 5.74) is 24.8. The van der Waals surface area contributed by atoms with Crippen molar-refractivity contribution in [3.05, 3.63) is 265 Å². The molecule has 0 amide bonds. The first-order valence-electron chi connectivity index (χ1n) is 26.8. The number of halogens is 2. The van der Waals surface area contributed by atoms with Crippen molar-refractivity contribution in [2.75, 3.05) is 0 Å². The summed E-state index contributed by atoms with van der Waals surface area (Å²) < 4.78 is 0. The van der Waals surface area contributed by atoms with E-state index in [1.54, 1.807) is 0 Å². The van der Waals surface area contributed by atoms with Gasteiger partial charge in [0, 0.05) is 10.0 Å². The Morgan fingerprint density at radius 3 is 0.667 bits per heavy atom. The predicted molar refractivity (Wildman–Crippen MR) is 334 cm³/mol. The molecule has 360 valence electrons. The molecule has 17 rings (SSSR count). The van der Waals surface area contributed by atoms with Crippen molar-refractivity contribution in [3.8, 4) is 111 Å². The highest BCUT2D eigenvalue weighted by atomic mass is 35.5. The largest absolute Gasteiger partial charge is 0.0843 e. The van der Waals surface area contributed by atoms with Crippen LogP contribution >= 0.6 is 23.2 Å². The van der Waals surface area contributed by atoms with Gasteiger partial charge in [0.25, 0.3) is 0 Å². The molecule has 0 bridgehead atoms. The van der Waals surface area contributed by atoms with Crippen molar-refractivity contribution in [2.45, 2.75) is 0 Å². The summed E-state index contributed by atoms with van der Waals surface area (Å²) >= 11 is 13.2. The molecule has 0 N–H and O–H groups in total. The molecular weight excluding hydrogens is 984 g/mol. The van der Waals surface area contributed by atoms with E-state index in [1.807, 2.05) is 24.3 Å². The van der Waals surface area contributed by atoms with Gasteiger partial charge in [0.2, 0.25) is 0 Å². The lowest BCUT2D eigenvalue weighted by atomic mass is 9.82. The second-order valence-electron chi connectivity index (χ2n) is 21.1. The first kappa shape index (κ1) is 43.9. The molecule has 2 heteroatoms. The highest BCUT2D eigenvalue weighted by Crippen LogP contribution is 2.63. The maximum Gasteiger partial charge on any atom is 0.0406 e. The molecule has 0 aliphatic heterocycles. The molecule has 0 unspecified atom stereocenters. The molecule has 2 aliphatic carbocycles. The lowest BCUT2D eigenvalue weighted by molar-refractivity contribution is 1.59. The van der Waals surface area contributed by atoms with Gasteiger partial charge in [-0.05, 0) is 200 Å². The summed E-state index contributed by atoms with van der Waals surface area (Å²) in [5, 5.41) is 16.7. The number of hydrogen-bond acceptors (Lipinski definition) is 0. The molecule has 0 radical (unpaired) electrons. The minimum absolute atomic E-state index is 0.723. The molecular formula is C76H42Cl2. The zero-order chi connectivity index (χ0) is 51.3. The van der Waals surface area contributed by atoms with Gasteiger partial charge in [0.05, 0.1) is 0 Å². The lowest BCUT2D eigenvalue weighted by Crippen LogP contribution is -1.94. The van der Waals surface area contributed by atoms with Gasteiger partial charge in [0.1, 0.15) is 0 Å². The van der Waals surface area contributed by atoms with Gasteiger partial charge >= 0.3 is 0 Å². The second kappa shape index (κ2) is 16.6. The monoisotopic (exact) mass is 1020 g/mol. The van der Waals surface area contributed by atoms with Crippen LogP contribution in [0.1, 0.15) is 0 Å². The highest BCUT2D eigenvalue weighted by Gasteiger charge is 2.35. The van der Waals surface area contributed by atoms with E-state index in [2.05, 4.69) is 231 Å². The van der Waals surface area contributed by atoms with E-state index in [4.69, 9.17) is 23.2 Å². The van der Waals surface area contributed by atoms with E-state index in [0.29, 0.717) is 0 Å². The van der Waals surface area contributed by atoms with Gasteiger partial charge in [0.15, 0.2) is 0 Å². The summed E-state index contributed by atoms with van der Waals surface area (Å²) in [6, 6.07) is 94.2. The first-order chi connectivity index (χ1) is 38.6. The Bertz CT molecular complexity index is 4710. The second-order valence-corrected chi connectivity index (χ2v) is 22.0. The zero-order valence-electron chi connectivity index (χ0n) is 42.0. The molecule has 15 aromatic rings. The van der Waals surface area contributed by atoms with E-state index < -0.39 is 0 Å². The predicted octanol–water partition coefficient (Wildman–Crippen LogP) is 22.6. The number of hydrogen-bond donors (Lipinski definition) is 0. The van der Waals surface area contributed by atoms with Crippen molar-refractivity contribution >= 4 is 87.8 Å². The maximum atomic E-state index is 6.61. The fourth-order valence-electron chi connectivity index (χ4n) is 14.0. The molecule has 0 atom stereocenters. The van der Waals surface area contributed by atoms with E-state index in [-0.39, 0.29) is 0 Å². The van der Waals surface area contributed by atoms with Gasteiger partial charge in [-0.15, -0.1) is 0 Å². The van der Waals surface area contributed by atoms with Crippen LogP contribution in [0.15, 0.2) is 255 Å². The van der Waals surface area contributed by atoms with Gasteiger partial charge in [-0.3, -0.25) is 0 Å². The molecule has 0 spiro atoms. The Hall–Kier alpha value is -9.30. The van der Waals surface area contributed by atoms with E-state index in [1.165, 1.54) is 165 Å². The molecule has 0 aromatic heterocycles. The van der Waals surface area contributed by atoms with Crippen molar-refractivity contribution in [1.82, 2.24) is 0 Å². The van der Waals surface area contributed by atoms with Crippen LogP contribution in [-0.4, -0.2) is 0 Å². The molecule has 0 saturated carbocycles. The average Bonchev–Trinajstić information content (AvgIpc) is 3.77. The molecule has 15 aromatic carbocycles. The Kier molecular flexibility index (Phi) is 9.34. The quantitative estimate of drug-likeness (QED) is 0.115. The van der Waals surface area contributed by atoms with Crippen LogP contribution in [0.25, 0.3) is 176 Å². The minimum atomic E-state index is 0.723. The minimum Gasteiger partial charge on any atom is -0.0843 e. The molecule has 0 fully saturated rings. The van der Waals surface area contributed by atoms with Crippen LogP contribution in [0.3, 0.4) is 0 Å². The lowest BCUT2D eigenvalue weighted by Gasteiger charge is -2.21. The third kappa shape index (κ3) is 6.13. The van der Waals surface area contributed by atoms with Gasteiger partial charge in [-0.1, -0.05) is 254 Å². The summed E-state index contributed by atoms with van der Waals surface area (Å²) in [5.74, 6) is 0. The van der Waals surface area contributed by atoms with Gasteiger partial charge in [-0.25, -0.2) is 0 Å². The standard InChI is InChI=1S/C76H42Cl2/c77-51-31-27-49(28-32-51)67-55-17-9-10-18-56(55)68(50-29-33-52(78)34-30-50)76-64-42-38-60-58-36-40-62-71-61(39-35-57(69(58)71)59-37-41-63(75(67)76)72(64)70(59)60)73-65(47-23-19-45(20-24-47)43-11-3-1-4-12-43)53-15-7-8-16-54(53)66(74(62)73)48-25-21-46(22-26-48)44-13-5-2-6-14-44/h1-42H. The van der Waals surface area contributed by atoms with Gasteiger partial charge < -0.3 is 0 Å². The van der Waals surface area contributed by atoms with Crippen LogP contribution in [0.2, 0.25) is 10.0 Å². The topological polar surface area (TPSA) is 0 Å². The van der Waals surface area contributed by atoms with Crippen molar-refractivity contribution < 1.29 is 0 Å². The van der Waals surface area contributed by atoms with Gasteiger partial charge in [-0.2, -0.15) is 0 Å². The summed E-state index contributed by atoms with van der Waals surface area (Å²) in [6.45, 7) is 0. The fraction of sp³-hybridized carbons (Fsp3) is 0. The Morgan fingerprint density at radius 1 is 0.154 bits per heavy atom. The van der Waals surface area contributed by atoms with Crippen LogP contribution < -0.4 is 0 Å². The average molecular weight is 1030 g/mol. The van der Waals surface area contributed by atoms with Crippen LogP contribution in [0.4, 0.5) is 0 Å². The smallest absolute Gasteiger partial charge is 0.0406 e. The molecule has 0 heterocycles.